The number of halogens is 1. The van der Waals surface area contributed by atoms with Crippen LogP contribution in [0.3, 0.4) is 0 Å². The molecule has 0 atom stereocenters. The van der Waals surface area contributed by atoms with Crippen molar-refractivity contribution >= 4 is 29.3 Å². The number of ether oxygens (including phenoxy) is 2. The van der Waals surface area contributed by atoms with Crippen molar-refractivity contribution in [3.05, 3.63) is 57.6 Å². The molecule has 6 heteroatoms. The quantitative estimate of drug-likeness (QED) is 0.567. The van der Waals surface area contributed by atoms with Crippen LogP contribution in [0.4, 0.5) is 5.69 Å². The topological polar surface area (TPSA) is 71.3 Å². The lowest BCUT2D eigenvalue weighted by molar-refractivity contribution is -0.112. The summed E-state index contributed by atoms with van der Waals surface area (Å²) < 4.78 is 10.8. The van der Waals surface area contributed by atoms with Crippen LogP contribution in [0.2, 0.25) is 5.02 Å². The van der Waals surface area contributed by atoms with E-state index in [-0.39, 0.29) is 5.57 Å². The molecule has 0 fully saturated rings. The molecule has 0 heterocycles. The molecule has 1 N–H and O–H groups in total. The van der Waals surface area contributed by atoms with Crippen molar-refractivity contribution in [3.63, 3.8) is 0 Å². The van der Waals surface area contributed by atoms with Crippen LogP contribution < -0.4 is 14.8 Å². The van der Waals surface area contributed by atoms with Gasteiger partial charge in [-0.2, -0.15) is 5.26 Å². The van der Waals surface area contributed by atoms with Gasteiger partial charge in [0, 0.05) is 5.69 Å². The van der Waals surface area contributed by atoms with E-state index in [0.29, 0.717) is 34.4 Å². The number of amides is 1. The fraction of sp³-hybridized carbons (Fsp3) is 0.238. The molecule has 27 heavy (non-hydrogen) atoms. The normalized spacial score (nSPS) is 10.9. The second kappa shape index (κ2) is 9.11. The maximum atomic E-state index is 12.5. The Morgan fingerprint density at radius 1 is 1.30 bits per heavy atom. The van der Waals surface area contributed by atoms with Gasteiger partial charge in [0.2, 0.25) is 0 Å². The highest BCUT2D eigenvalue weighted by Crippen LogP contribution is 2.37. The summed E-state index contributed by atoms with van der Waals surface area (Å²) in [5, 5.41) is 12.5. The molecule has 140 valence electrons. The molecular weight excluding hydrogens is 364 g/mol. The van der Waals surface area contributed by atoms with Crippen molar-refractivity contribution < 1.29 is 14.3 Å². The summed E-state index contributed by atoms with van der Waals surface area (Å²) >= 11 is 6.22. The smallest absolute Gasteiger partial charge is 0.266 e. The Bertz CT molecular complexity index is 930. The lowest BCUT2D eigenvalue weighted by Gasteiger charge is -2.12. The summed E-state index contributed by atoms with van der Waals surface area (Å²) in [5.74, 6) is 0.370. The van der Waals surface area contributed by atoms with Gasteiger partial charge in [-0.05, 0) is 56.2 Å². The summed E-state index contributed by atoms with van der Waals surface area (Å²) in [5.41, 5.74) is 3.20. The number of carbonyl (C=O) groups excluding carboxylic acids is 1. The number of aryl methyl sites for hydroxylation is 2. The fourth-order valence-corrected chi connectivity index (χ4v) is 2.89. The van der Waals surface area contributed by atoms with Gasteiger partial charge < -0.3 is 14.8 Å². The minimum absolute atomic E-state index is 0.0429. The molecule has 1 amide bonds. The van der Waals surface area contributed by atoms with E-state index in [2.05, 4.69) is 5.32 Å². The number of rotatable bonds is 6. The minimum Gasteiger partial charge on any atom is -0.491 e. The molecule has 0 saturated carbocycles. The molecule has 0 radical (unpaired) electrons. The number of nitriles is 1. The van der Waals surface area contributed by atoms with Crippen LogP contribution in [-0.2, 0) is 4.79 Å². The van der Waals surface area contributed by atoms with E-state index in [1.807, 2.05) is 45.0 Å². The summed E-state index contributed by atoms with van der Waals surface area (Å²) in [4.78, 5) is 12.5. The largest absolute Gasteiger partial charge is 0.491 e. The lowest BCUT2D eigenvalue weighted by atomic mass is 10.1. The molecule has 2 aromatic carbocycles. The highest BCUT2D eigenvalue weighted by Gasteiger charge is 2.14. The first kappa shape index (κ1) is 20.3. The number of carbonyl (C=O) groups is 1. The summed E-state index contributed by atoms with van der Waals surface area (Å²) in [7, 11) is 1.50. The average Bonchev–Trinajstić information content (AvgIpc) is 2.62. The molecule has 0 unspecified atom stereocenters. The standard InChI is InChI=1S/C21H21ClN2O3/c1-5-27-19-11-15(10-17(22)20(19)26-4)9-16(12-23)21(25)24-18-7-6-13(2)8-14(18)3/h6-11H,5H2,1-4H3,(H,24,25)/b16-9+. The molecule has 0 aliphatic rings. The first-order valence-electron chi connectivity index (χ1n) is 8.40. The van der Waals surface area contributed by atoms with Crippen LogP contribution in [0, 0.1) is 25.2 Å². The van der Waals surface area contributed by atoms with Crippen LogP contribution >= 0.6 is 11.6 Å². The third-order valence-electron chi connectivity index (χ3n) is 3.84. The van der Waals surface area contributed by atoms with Crippen molar-refractivity contribution in [1.82, 2.24) is 0 Å². The molecular formula is C21H21ClN2O3. The van der Waals surface area contributed by atoms with Gasteiger partial charge in [0.15, 0.2) is 11.5 Å². The van der Waals surface area contributed by atoms with Gasteiger partial charge in [-0.25, -0.2) is 0 Å². The Morgan fingerprint density at radius 2 is 2.04 bits per heavy atom. The SMILES string of the molecule is CCOc1cc(/C=C(\C#N)C(=O)Nc2ccc(C)cc2C)cc(Cl)c1OC. The van der Waals surface area contributed by atoms with E-state index in [4.69, 9.17) is 21.1 Å². The van der Waals surface area contributed by atoms with Crippen LogP contribution in [-0.4, -0.2) is 19.6 Å². The van der Waals surface area contributed by atoms with Gasteiger partial charge in [-0.15, -0.1) is 0 Å². The fourth-order valence-electron chi connectivity index (χ4n) is 2.59. The first-order valence-corrected chi connectivity index (χ1v) is 8.78. The second-order valence-corrected chi connectivity index (χ2v) is 6.32. The van der Waals surface area contributed by atoms with E-state index in [1.165, 1.54) is 13.2 Å². The maximum absolute atomic E-state index is 12.5. The van der Waals surface area contributed by atoms with E-state index in [9.17, 15) is 10.1 Å². The molecule has 0 bridgehead atoms. The van der Waals surface area contributed by atoms with Crippen molar-refractivity contribution in [2.75, 3.05) is 19.0 Å². The monoisotopic (exact) mass is 384 g/mol. The minimum atomic E-state index is -0.491. The molecule has 2 aromatic rings. The second-order valence-electron chi connectivity index (χ2n) is 5.91. The predicted octanol–water partition coefficient (Wildman–Crippen LogP) is 4.91. The van der Waals surface area contributed by atoms with Crippen molar-refractivity contribution in [2.45, 2.75) is 20.8 Å². The van der Waals surface area contributed by atoms with Crippen LogP contribution in [0.25, 0.3) is 6.08 Å². The number of benzene rings is 2. The number of hydrogen-bond acceptors (Lipinski definition) is 4. The van der Waals surface area contributed by atoms with Crippen molar-refractivity contribution in [3.8, 4) is 17.6 Å². The lowest BCUT2D eigenvalue weighted by Crippen LogP contribution is -2.14. The zero-order chi connectivity index (χ0) is 20.0. The predicted molar refractivity (Wildman–Crippen MR) is 107 cm³/mol. The van der Waals surface area contributed by atoms with Gasteiger partial charge in [-0.3, -0.25) is 4.79 Å². The number of anilines is 1. The van der Waals surface area contributed by atoms with Gasteiger partial charge in [0.25, 0.3) is 5.91 Å². The molecule has 2 rings (SSSR count). The van der Waals surface area contributed by atoms with E-state index >= 15 is 0 Å². The zero-order valence-corrected chi connectivity index (χ0v) is 16.5. The van der Waals surface area contributed by atoms with Crippen molar-refractivity contribution in [1.29, 1.82) is 5.26 Å². The van der Waals surface area contributed by atoms with Crippen LogP contribution in [0.1, 0.15) is 23.6 Å². The van der Waals surface area contributed by atoms with Crippen LogP contribution in [0.5, 0.6) is 11.5 Å². The summed E-state index contributed by atoms with van der Waals surface area (Å²) in [6, 6.07) is 10.9. The molecule has 0 aromatic heterocycles. The molecule has 0 aliphatic heterocycles. The first-order chi connectivity index (χ1) is 12.9. The third-order valence-corrected chi connectivity index (χ3v) is 4.12. The Balaban J connectivity index is 2.34. The molecule has 5 nitrogen and oxygen atoms in total. The number of hydrogen-bond donors (Lipinski definition) is 1. The Labute approximate surface area is 164 Å². The Hall–Kier alpha value is -2.97. The Kier molecular flexibility index (Phi) is 6.86. The number of nitrogens with zero attached hydrogens (tertiary/aromatic N) is 1. The van der Waals surface area contributed by atoms with Gasteiger partial charge in [0.1, 0.15) is 11.6 Å². The van der Waals surface area contributed by atoms with Crippen molar-refractivity contribution in [2.24, 2.45) is 0 Å². The van der Waals surface area contributed by atoms with E-state index in [1.54, 1.807) is 12.1 Å². The van der Waals surface area contributed by atoms with E-state index < -0.39 is 5.91 Å². The Morgan fingerprint density at radius 3 is 2.63 bits per heavy atom. The van der Waals surface area contributed by atoms with Gasteiger partial charge in [0.05, 0.1) is 18.7 Å². The van der Waals surface area contributed by atoms with Gasteiger partial charge >= 0.3 is 0 Å². The van der Waals surface area contributed by atoms with Crippen LogP contribution in [0.15, 0.2) is 35.9 Å². The number of methoxy groups -OCH3 is 1. The number of nitrogens with one attached hydrogen (secondary N) is 1. The highest BCUT2D eigenvalue weighted by atomic mass is 35.5. The molecule has 0 saturated heterocycles. The average molecular weight is 385 g/mol. The summed E-state index contributed by atoms with van der Waals surface area (Å²) in [6.07, 6.45) is 1.46. The third kappa shape index (κ3) is 5.02. The molecule has 0 aliphatic carbocycles. The summed E-state index contributed by atoms with van der Waals surface area (Å²) in [6.45, 7) is 6.14. The molecule has 0 spiro atoms. The highest BCUT2D eigenvalue weighted by molar-refractivity contribution is 6.32. The zero-order valence-electron chi connectivity index (χ0n) is 15.7. The maximum Gasteiger partial charge on any atom is 0.266 e. The van der Waals surface area contributed by atoms with Gasteiger partial charge in [-0.1, -0.05) is 29.3 Å². The van der Waals surface area contributed by atoms with E-state index in [0.717, 1.165) is 11.1 Å².